The molecule has 1 heterocycles. The second kappa shape index (κ2) is 8.84. The summed E-state index contributed by atoms with van der Waals surface area (Å²) in [6.07, 6.45) is 0. The van der Waals surface area contributed by atoms with Crippen molar-refractivity contribution < 1.29 is 13.9 Å². The molecule has 4 aromatic rings. The van der Waals surface area contributed by atoms with Gasteiger partial charge in [0.25, 0.3) is 0 Å². The maximum Gasteiger partial charge on any atom is 0.236 e. The molecule has 0 spiro atoms. The molecule has 0 radical (unpaired) electrons. The van der Waals surface area contributed by atoms with Crippen molar-refractivity contribution >= 4 is 11.6 Å². The van der Waals surface area contributed by atoms with E-state index in [2.05, 4.69) is 22.4 Å². The van der Waals surface area contributed by atoms with E-state index in [1.807, 2.05) is 72.8 Å². The lowest BCUT2D eigenvalue weighted by atomic mass is 10.1. The number of hydrogen-bond acceptors (Lipinski definition) is 6. The largest absolute Gasteiger partial charge is 0.497 e. The van der Waals surface area contributed by atoms with E-state index in [-0.39, 0.29) is 18.2 Å². The Hall–Kier alpha value is -4.24. The minimum atomic E-state index is 0.115. The van der Waals surface area contributed by atoms with Crippen molar-refractivity contribution in [1.29, 1.82) is 5.26 Å². The van der Waals surface area contributed by atoms with Crippen molar-refractivity contribution in [1.82, 2.24) is 4.98 Å². The Morgan fingerprint density at radius 2 is 1.57 bits per heavy atom. The number of methoxy groups -OCH3 is 1. The van der Waals surface area contributed by atoms with Crippen LogP contribution >= 0.6 is 0 Å². The minimum absolute atomic E-state index is 0.115. The van der Waals surface area contributed by atoms with Gasteiger partial charge in [-0.2, -0.15) is 10.2 Å². The first-order chi connectivity index (χ1) is 14.7. The molecule has 0 atom stereocenters. The topological polar surface area (TPSA) is 80.3 Å². The van der Waals surface area contributed by atoms with Gasteiger partial charge < -0.3 is 19.2 Å². The van der Waals surface area contributed by atoms with Crippen LogP contribution in [0.3, 0.4) is 0 Å². The van der Waals surface area contributed by atoms with E-state index < -0.39 is 0 Å². The second-order valence-electron chi connectivity index (χ2n) is 6.43. The summed E-state index contributed by atoms with van der Waals surface area (Å²) >= 11 is 0. The lowest BCUT2D eigenvalue weighted by molar-refractivity contribution is 0.265. The van der Waals surface area contributed by atoms with Crippen LogP contribution in [0.1, 0.15) is 11.6 Å². The van der Waals surface area contributed by atoms with Gasteiger partial charge in [0, 0.05) is 5.69 Å². The molecule has 0 aliphatic heterocycles. The maximum atomic E-state index is 9.34. The van der Waals surface area contributed by atoms with Crippen LogP contribution in [-0.2, 0) is 6.61 Å². The molecule has 4 rings (SSSR count). The molecule has 0 amide bonds. The van der Waals surface area contributed by atoms with Crippen LogP contribution < -0.4 is 14.8 Å². The Morgan fingerprint density at radius 1 is 0.900 bits per heavy atom. The zero-order chi connectivity index (χ0) is 20.8. The van der Waals surface area contributed by atoms with E-state index in [4.69, 9.17) is 13.9 Å². The van der Waals surface area contributed by atoms with E-state index in [1.165, 1.54) is 0 Å². The van der Waals surface area contributed by atoms with Crippen LogP contribution in [0.15, 0.2) is 83.3 Å². The fourth-order valence-electron chi connectivity index (χ4n) is 2.91. The van der Waals surface area contributed by atoms with Crippen LogP contribution in [0.25, 0.3) is 11.1 Å². The fourth-order valence-corrected chi connectivity index (χ4v) is 2.91. The molecule has 1 N–H and O–H groups in total. The zero-order valence-electron chi connectivity index (χ0n) is 16.3. The molecule has 0 bridgehead atoms. The molecule has 0 aliphatic carbocycles. The summed E-state index contributed by atoms with van der Waals surface area (Å²) < 4.78 is 16.6. The third kappa shape index (κ3) is 4.42. The highest BCUT2D eigenvalue weighted by Crippen LogP contribution is 2.25. The van der Waals surface area contributed by atoms with Gasteiger partial charge in [-0.1, -0.05) is 42.5 Å². The van der Waals surface area contributed by atoms with Gasteiger partial charge in [-0.25, -0.2) is 0 Å². The number of hydrogen-bond donors (Lipinski definition) is 1. The molecule has 0 saturated carbocycles. The highest BCUT2D eigenvalue weighted by molar-refractivity contribution is 5.64. The van der Waals surface area contributed by atoms with Crippen molar-refractivity contribution in [3.05, 3.63) is 90.4 Å². The first-order valence-corrected chi connectivity index (χ1v) is 9.34. The van der Waals surface area contributed by atoms with E-state index in [0.29, 0.717) is 11.6 Å². The first-order valence-electron chi connectivity index (χ1n) is 9.34. The smallest absolute Gasteiger partial charge is 0.236 e. The third-order valence-electron chi connectivity index (χ3n) is 4.45. The van der Waals surface area contributed by atoms with E-state index >= 15 is 0 Å². The summed E-state index contributed by atoms with van der Waals surface area (Å²) in [5.74, 6) is 2.03. The highest BCUT2D eigenvalue weighted by Gasteiger charge is 2.14. The number of rotatable bonds is 7. The Morgan fingerprint density at radius 3 is 2.23 bits per heavy atom. The summed E-state index contributed by atoms with van der Waals surface area (Å²) in [4.78, 5) is 4.20. The summed E-state index contributed by atoms with van der Waals surface area (Å²) in [6, 6.07) is 27.2. The molecule has 0 saturated heterocycles. The number of nitrogens with one attached hydrogen (secondary N) is 1. The van der Waals surface area contributed by atoms with Crippen LogP contribution in [0.2, 0.25) is 0 Å². The van der Waals surface area contributed by atoms with Gasteiger partial charge in [0.2, 0.25) is 17.5 Å². The number of nitriles is 1. The standard InChI is InChI=1S/C24H19N3O3/c1-28-20-13-9-19(10-14-20)26-24-22(15-25)27-23(30-24)16-29-21-11-7-18(8-12-21)17-5-3-2-4-6-17/h2-14,26H,16H2,1H3. The molecular formula is C24H19N3O3. The van der Waals surface area contributed by atoms with Gasteiger partial charge in [-0.15, -0.1) is 0 Å². The minimum Gasteiger partial charge on any atom is -0.497 e. The molecule has 30 heavy (non-hydrogen) atoms. The Bertz CT molecular complexity index is 1150. The van der Waals surface area contributed by atoms with Crippen LogP contribution in [0.5, 0.6) is 11.5 Å². The highest BCUT2D eigenvalue weighted by atomic mass is 16.5. The van der Waals surface area contributed by atoms with Gasteiger partial charge in [0.05, 0.1) is 7.11 Å². The van der Waals surface area contributed by atoms with Crippen molar-refractivity contribution in [2.45, 2.75) is 6.61 Å². The summed E-state index contributed by atoms with van der Waals surface area (Å²) in [6.45, 7) is 0.115. The SMILES string of the molecule is COc1ccc(Nc2oc(COc3ccc(-c4ccccc4)cc3)nc2C#N)cc1. The van der Waals surface area contributed by atoms with Crippen molar-refractivity contribution in [3.63, 3.8) is 0 Å². The molecule has 0 unspecified atom stereocenters. The summed E-state index contributed by atoms with van der Waals surface area (Å²) in [5.41, 5.74) is 3.18. The number of nitrogens with zero attached hydrogens (tertiary/aromatic N) is 2. The zero-order valence-corrected chi connectivity index (χ0v) is 16.3. The fraction of sp³-hybridized carbons (Fsp3) is 0.0833. The number of oxazole rings is 1. The summed E-state index contributed by atoms with van der Waals surface area (Å²) in [7, 11) is 1.61. The van der Waals surface area contributed by atoms with Gasteiger partial charge in [-0.05, 0) is 47.5 Å². The Kier molecular flexibility index (Phi) is 5.63. The number of anilines is 2. The van der Waals surface area contributed by atoms with Gasteiger partial charge in [0.15, 0.2) is 6.61 Å². The molecule has 3 aromatic carbocycles. The predicted molar refractivity (Wildman–Crippen MR) is 114 cm³/mol. The van der Waals surface area contributed by atoms with Crippen molar-refractivity contribution in [2.75, 3.05) is 12.4 Å². The van der Waals surface area contributed by atoms with E-state index in [0.717, 1.165) is 22.6 Å². The average Bonchev–Trinajstić information content (AvgIpc) is 3.21. The molecule has 6 nitrogen and oxygen atoms in total. The number of ether oxygens (including phenoxy) is 2. The van der Waals surface area contributed by atoms with Gasteiger partial charge in [-0.3, -0.25) is 0 Å². The lowest BCUT2D eigenvalue weighted by Crippen LogP contribution is -1.95. The normalized spacial score (nSPS) is 10.3. The monoisotopic (exact) mass is 397 g/mol. The van der Waals surface area contributed by atoms with Gasteiger partial charge in [0.1, 0.15) is 17.6 Å². The molecule has 6 heteroatoms. The van der Waals surface area contributed by atoms with E-state index in [1.54, 1.807) is 7.11 Å². The molecule has 0 aliphatic rings. The molecule has 1 aromatic heterocycles. The van der Waals surface area contributed by atoms with Crippen molar-refractivity contribution in [3.8, 4) is 28.7 Å². The average molecular weight is 397 g/mol. The summed E-state index contributed by atoms with van der Waals surface area (Å²) in [5, 5.41) is 12.4. The number of benzene rings is 3. The molecule has 0 fully saturated rings. The predicted octanol–water partition coefficient (Wildman–Crippen LogP) is 5.54. The van der Waals surface area contributed by atoms with Crippen LogP contribution in [0, 0.1) is 11.3 Å². The first kappa shape index (κ1) is 19.1. The molecular weight excluding hydrogens is 378 g/mol. The van der Waals surface area contributed by atoms with Gasteiger partial charge >= 0.3 is 0 Å². The van der Waals surface area contributed by atoms with E-state index in [9.17, 15) is 5.26 Å². The Balaban J connectivity index is 1.42. The third-order valence-corrected chi connectivity index (χ3v) is 4.45. The quantitative estimate of drug-likeness (QED) is 0.441. The second-order valence-corrected chi connectivity index (χ2v) is 6.43. The molecule has 148 valence electrons. The van der Waals surface area contributed by atoms with Crippen LogP contribution in [-0.4, -0.2) is 12.1 Å². The number of aromatic nitrogens is 1. The van der Waals surface area contributed by atoms with Crippen LogP contribution in [0.4, 0.5) is 11.6 Å². The van der Waals surface area contributed by atoms with Crippen molar-refractivity contribution in [2.24, 2.45) is 0 Å². The Labute approximate surface area is 174 Å². The maximum absolute atomic E-state index is 9.34. The lowest BCUT2D eigenvalue weighted by Gasteiger charge is -2.06.